The second kappa shape index (κ2) is 29.9. The van der Waals surface area contributed by atoms with E-state index in [-0.39, 0.29) is 24.1 Å². The van der Waals surface area contributed by atoms with E-state index in [0.29, 0.717) is 25.7 Å². The Bertz CT molecular complexity index is 726. The minimum Gasteiger partial charge on any atom is -0.350 e. The summed E-state index contributed by atoms with van der Waals surface area (Å²) in [6.45, 7) is 11.2. The number of halogens is 1. The normalized spacial score (nSPS) is 17.5. The van der Waals surface area contributed by atoms with E-state index in [2.05, 4.69) is 38.3 Å². The van der Waals surface area contributed by atoms with E-state index in [1.807, 2.05) is 6.92 Å². The number of hydrogen-bond acceptors (Lipinski definition) is 3. The fourth-order valence-electron chi connectivity index (χ4n) is 6.79. The minimum atomic E-state index is -0.644. The molecule has 0 bridgehead atoms. The predicted molar refractivity (Wildman–Crippen MR) is 207 cm³/mol. The Balaban J connectivity index is 2.09. The van der Waals surface area contributed by atoms with Crippen LogP contribution < -0.4 is 10.6 Å². The first-order valence-electron chi connectivity index (χ1n) is 21.1. The lowest BCUT2D eigenvalue weighted by Gasteiger charge is -2.21. The summed E-state index contributed by atoms with van der Waals surface area (Å²) in [5, 5.41) is 5.52. The lowest BCUT2D eigenvalue weighted by Crippen LogP contribution is -2.48. The summed E-state index contributed by atoms with van der Waals surface area (Å²) >= 11 is 6.48. The van der Waals surface area contributed by atoms with Crippen LogP contribution in [-0.4, -0.2) is 29.1 Å². The van der Waals surface area contributed by atoms with E-state index in [4.69, 9.17) is 16.3 Å². The number of carbonyl (C=O) groups is 2. The molecule has 6 heteroatoms. The van der Waals surface area contributed by atoms with Crippen molar-refractivity contribution >= 4 is 23.4 Å². The third kappa shape index (κ3) is 27.9. The Kier molecular flexibility index (Phi) is 28.1. The molecule has 0 aliphatic carbocycles. The molecule has 1 aliphatic heterocycles. The van der Waals surface area contributed by atoms with Gasteiger partial charge >= 0.3 is 0 Å². The van der Waals surface area contributed by atoms with Gasteiger partial charge in [0.1, 0.15) is 12.3 Å². The van der Waals surface area contributed by atoms with Crippen LogP contribution in [0.15, 0.2) is 0 Å². The second-order valence-corrected chi connectivity index (χ2v) is 16.8. The SMILES string of the molecule is CC(C)CCCCCCCCCCCCCCC(=O)NC(CCC1(Cl)OC1C)NC(=O)CCCCCCCCCCCCCCC(C)C. The van der Waals surface area contributed by atoms with Gasteiger partial charge < -0.3 is 15.4 Å². The van der Waals surface area contributed by atoms with Crippen molar-refractivity contribution in [3.05, 3.63) is 0 Å². The predicted octanol–water partition coefficient (Wildman–Crippen LogP) is 12.9. The maximum atomic E-state index is 12.8. The monoisotopic (exact) mass is 697 g/mol. The fraction of sp³-hybridized carbons (Fsp3) is 0.952. The third-order valence-corrected chi connectivity index (χ3v) is 10.8. The summed E-state index contributed by atoms with van der Waals surface area (Å²) in [5.41, 5.74) is 0. The zero-order valence-electron chi connectivity index (χ0n) is 32.6. The lowest BCUT2D eigenvalue weighted by atomic mass is 10.0. The third-order valence-electron chi connectivity index (χ3n) is 10.2. The van der Waals surface area contributed by atoms with Crippen molar-refractivity contribution in [2.75, 3.05) is 0 Å². The van der Waals surface area contributed by atoms with Crippen molar-refractivity contribution in [2.45, 2.75) is 245 Å². The molecule has 0 radical (unpaired) electrons. The van der Waals surface area contributed by atoms with Crippen molar-refractivity contribution in [3.63, 3.8) is 0 Å². The molecule has 48 heavy (non-hydrogen) atoms. The number of carbonyl (C=O) groups excluding carboxylic acids is 2. The summed E-state index contributed by atoms with van der Waals surface area (Å²) in [7, 11) is 0. The van der Waals surface area contributed by atoms with Gasteiger partial charge in [0.25, 0.3) is 0 Å². The molecule has 0 aromatic heterocycles. The molecule has 2 amide bonds. The van der Waals surface area contributed by atoms with Crippen molar-refractivity contribution in [1.29, 1.82) is 0 Å². The van der Waals surface area contributed by atoms with Crippen LogP contribution in [0.5, 0.6) is 0 Å². The van der Waals surface area contributed by atoms with Crippen molar-refractivity contribution in [1.82, 2.24) is 10.6 Å². The average molecular weight is 698 g/mol. The molecule has 1 saturated heterocycles. The molecule has 2 unspecified atom stereocenters. The molecule has 2 N–H and O–H groups in total. The van der Waals surface area contributed by atoms with Crippen LogP contribution in [0, 0.1) is 11.8 Å². The highest BCUT2D eigenvalue weighted by Gasteiger charge is 2.51. The molecule has 1 heterocycles. The van der Waals surface area contributed by atoms with Crippen LogP contribution in [0.4, 0.5) is 0 Å². The highest BCUT2D eigenvalue weighted by Crippen LogP contribution is 2.44. The molecule has 2 atom stereocenters. The van der Waals surface area contributed by atoms with Crippen molar-refractivity contribution in [3.8, 4) is 0 Å². The van der Waals surface area contributed by atoms with E-state index >= 15 is 0 Å². The Morgan fingerprint density at radius 1 is 0.521 bits per heavy atom. The van der Waals surface area contributed by atoms with Gasteiger partial charge in [-0.25, -0.2) is 0 Å². The van der Waals surface area contributed by atoms with Crippen LogP contribution in [0.25, 0.3) is 0 Å². The first kappa shape index (κ1) is 45.2. The smallest absolute Gasteiger partial charge is 0.221 e. The van der Waals surface area contributed by atoms with Crippen LogP contribution in [0.3, 0.4) is 0 Å². The summed E-state index contributed by atoms with van der Waals surface area (Å²) in [5.74, 6) is 1.73. The molecular weight excluding hydrogens is 616 g/mol. The van der Waals surface area contributed by atoms with Gasteiger partial charge in [-0.3, -0.25) is 9.59 Å². The Labute approximate surface area is 304 Å². The number of rotatable bonds is 35. The van der Waals surface area contributed by atoms with Crippen molar-refractivity contribution < 1.29 is 14.3 Å². The molecule has 284 valence electrons. The van der Waals surface area contributed by atoms with Gasteiger partial charge in [0.15, 0.2) is 5.06 Å². The number of nitrogens with one attached hydrogen (secondary N) is 2. The van der Waals surface area contributed by atoms with Gasteiger partial charge in [-0.05, 0) is 44.4 Å². The molecule has 1 aliphatic rings. The van der Waals surface area contributed by atoms with Crippen LogP contribution in [0.1, 0.15) is 227 Å². The highest BCUT2D eigenvalue weighted by molar-refractivity contribution is 6.24. The number of alkyl halides is 1. The molecule has 5 nitrogen and oxygen atoms in total. The van der Waals surface area contributed by atoms with Crippen molar-refractivity contribution in [2.24, 2.45) is 11.8 Å². The molecule has 0 aromatic carbocycles. The van der Waals surface area contributed by atoms with E-state index in [9.17, 15) is 9.59 Å². The van der Waals surface area contributed by atoms with E-state index in [1.165, 1.54) is 141 Å². The molecule has 0 spiro atoms. The van der Waals surface area contributed by atoms with E-state index in [1.54, 1.807) is 0 Å². The topological polar surface area (TPSA) is 70.7 Å². The van der Waals surface area contributed by atoms with Gasteiger partial charge in [0.05, 0.1) is 0 Å². The largest absolute Gasteiger partial charge is 0.350 e. The van der Waals surface area contributed by atoms with Crippen LogP contribution in [-0.2, 0) is 14.3 Å². The number of epoxide rings is 1. The van der Waals surface area contributed by atoms with Gasteiger partial charge in [-0.15, -0.1) is 0 Å². The molecule has 0 aromatic rings. The maximum absolute atomic E-state index is 12.8. The average Bonchev–Trinajstić information content (AvgIpc) is 3.64. The number of amides is 2. The second-order valence-electron chi connectivity index (χ2n) is 16.1. The molecule has 0 saturated carbocycles. The lowest BCUT2D eigenvalue weighted by molar-refractivity contribution is -0.124. The van der Waals surface area contributed by atoms with Gasteiger partial charge in [0.2, 0.25) is 11.8 Å². The number of hydrogen-bond donors (Lipinski definition) is 2. The maximum Gasteiger partial charge on any atom is 0.221 e. The van der Waals surface area contributed by atoms with Crippen LogP contribution in [0.2, 0.25) is 0 Å². The quantitative estimate of drug-likeness (QED) is 0.0300. The van der Waals surface area contributed by atoms with Gasteiger partial charge in [0, 0.05) is 12.8 Å². The molecular formula is C42H81ClN2O3. The standard InChI is InChI=1S/C42H81ClN2O3/c1-36(2)30-26-22-18-14-10-6-8-12-16-20-24-28-32-40(46)44-39(34-35-42(43)38(5)48-42)45-41(47)33-29-25-21-17-13-9-7-11-15-19-23-27-31-37(3)4/h36-39H,6-35H2,1-5H3,(H,44,46)(H,45,47). The summed E-state index contributed by atoms with van der Waals surface area (Å²) < 4.78 is 5.52. The Hall–Kier alpha value is -0.810. The zero-order valence-corrected chi connectivity index (χ0v) is 33.4. The van der Waals surface area contributed by atoms with Gasteiger partial charge in [-0.1, -0.05) is 193 Å². The number of ether oxygens (including phenoxy) is 1. The van der Waals surface area contributed by atoms with E-state index < -0.39 is 5.06 Å². The first-order valence-corrected chi connectivity index (χ1v) is 21.5. The zero-order chi connectivity index (χ0) is 35.3. The molecule has 1 fully saturated rings. The molecule has 1 rings (SSSR count). The summed E-state index contributed by atoms with van der Waals surface area (Å²) in [6.07, 6.45) is 35.5. The van der Waals surface area contributed by atoms with E-state index in [0.717, 1.165) is 37.5 Å². The summed E-state index contributed by atoms with van der Waals surface area (Å²) in [6, 6.07) is 0. The first-order chi connectivity index (χ1) is 23.1. The van der Waals surface area contributed by atoms with Gasteiger partial charge in [-0.2, -0.15) is 0 Å². The summed E-state index contributed by atoms with van der Waals surface area (Å²) in [4.78, 5) is 25.5. The Morgan fingerprint density at radius 2 is 0.792 bits per heavy atom. The minimum absolute atomic E-state index is 0.0188. The Morgan fingerprint density at radius 3 is 1.06 bits per heavy atom. The fourth-order valence-corrected chi connectivity index (χ4v) is 7.03. The number of unbranched alkanes of at least 4 members (excludes halogenated alkanes) is 22. The highest BCUT2D eigenvalue weighted by atomic mass is 35.5. The van der Waals surface area contributed by atoms with Crippen LogP contribution >= 0.6 is 11.6 Å².